The summed E-state index contributed by atoms with van der Waals surface area (Å²) in [5.74, 6) is 0.345. The Bertz CT molecular complexity index is 568. The van der Waals surface area contributed by atoms with Crippen LogP contribution in [0.25, 0.3) is 5.65 Å². The van der Waals surface area contributed by atoms with Gasteiger partial charge in [0.25, 0.3) is 0 Å². The molecule has 0 fully saturated rings. The molecule has 3 N–H and O–H groups in total. The molecule has 0 radical (unpaired) electrons. The lowest BCUT2D eigenvalue weighted by atomic mass is 10.1. The van der Waals surface area contributed by atoms with Gasteiger partial charge in [0.2, 0.25) is 5.95 Å². The molecule has 2 aromatic rings. The number of amides is 2. The Morgan fingerprint density at radius 2 is 2.21 bits per heavy atom. The topological polar surface area (TPSA) is 91.5 Å². The Morgan fingerprint density at radius 3 is 2.95 bits per heavy atom. The van der Waals surface area contributed by atoms with Crippen molar-refractivity contribution >= 4 is 17.6 Å². The molecule has 0 saturated carbocycles. The first kappa shape index (κ1) is 13.3. The number of anilines is 1. The Kier molecular flexibility index (Phi) is 3.96. The van der Waals surface area contributed by atoms with Gasteiger partial charge >= 0.3 is 6.03 Å². The van der Waals surface area contributed by atoms with E-state index in [-0.39, 0.29) is 24.6 Å². The van der Waals surface area contributed by atoms with E-state index in [0.717, 1.165) is 0 Å². The number of fused-ring (bicyclic) bond motifs is 1. The van der Waals surface area contributed by atoms with Crippen LogP contribution in [0.15, 0.2) is 24.4 Å². The van der Waals surface area contributed by atoms with Gasteiger partial charge in [0.1, 0.15) is 0 Å². The summed E-state index contributed by atoms with van der Waals surface area (Å²) < 4.78 is 1.68. The number of pyridine rings is 1. The second-order valence-electron chi connectivity index (χ2n) is 4.50. The Morgan fingerprint density at radius 1 is 1.42 bits per heavy atom. The van der Waals surface area contributed by atoms with Crippen LogP contribution in [0.3, 0.4) is 0 Å². The summed E-state index contributed by atoms with van der Waals surface area (Å²) in [6.45, 7) is 3.72. The molecule has 0 aliphatic carbocycles. The fraction of sp³-hybridized carbons (Fsp3) is 0.417. The van der Waals surface area contributed by atoms with Crippen LogP contribution in [-0.4, -0.2) is 38.4 Å². The summed E-state index contributed by atoms with van der Waals surface area (Å²) in [6.07, 6.45) is 1.77. The maximum Gasteiger partial charge on any atom is 0.321 e. The lowest BCUT2D eigenvalue weighted by Gasteiger charge is -2.19. The lowest BCUT2D eigenvalue weighted by molar-refractivity contribution is 0.204. The number of aliphatic hydroxyl groups is 1. The lowest BCUT2D eigenvalue weighted by Crippen LogP contribution is -2.41. The highest BCUT2D eigenvalue weighted by molar-refractivity contribution is 5.87. The van der Waals surface area contributed by atoms with Gasteiger partial charge in [-0.1, -0.05) is 13.0 Å². The van der Waals surface area contributed by atoms with Crippen LogP contribution in [-0.2, 0) is 0 Å². The van der Waals surface area contributed by atoms with E-state index in [4.69, 9.17) is 5.11 Å². The number of carbonyl (C=O) groups excluding carboxylic acids is 1. The van der Waals surface area contributed by atoms with Crippen LogP contribution in [0.5, 0.6) is 0 Å². The predicted molar refractivity (Wildman–Crippen MR) is 70.9 cm³/mol. The molecule has 19 heavy (non-hydrogen) atoms. The van der Waals surface area contributed by atoms with Crippen LogP contribution >= 0.6 is 0 Å². The molecule has 2 aromatic heterocycles. The zero-order valence-electron chi connectivity index (χ0n) is 10.9. The number of hydrogen-bond donors (Lipinski definition) is 3. The molecule has 0 aromatic carbocycles. The van der Waals surface area contributed by atoms with Gasteiger partial charge in [-0.15, -0.1) is 10.2 Å². The fourth-order valence-corrected chi connectivity index (χ4v) is 1.57. The van der Waals surface area contributed by atoms with Crippen molar-refractivity contribution in [2.24, 2.45) is 5.92 Å². The zero-order valence-corrected chi connectivity index (χ0v) is 10.9. The molecular formula is C12H17N5O2. The number of rotatable bonds is 4. The van der Waals surface area contributed by atoms with Gasteiger partial charge in [-0.2, -0.15) is 0 Å². The van der Waals surface area contributed by atoms with Crippen molar-refractivity contribution in [2.75, 3.05) is 11.9 Å². The molecule has 0 bridgehead atoms. The van der Waals surface area contributed by atoms with Crippen LogP contribution < -0.4 is 10.6 Å². The van der Waals surface area contributed by atoms with Crippen molar-refractivity contribution in [3.05, 3.63) is 24.4 Å². The predicted octanol–water partition coefficient (Wildman–Crippen LogP) is 0.868. The highest BCUT2D eigenvalue weighted by atomic mass is 16.3. The van der Waals surface area contributed by atoms with Gasteiger partial charge in [0.05, 0.1) is 0 Å². The van der Waals surface area contributed by atoms with E-state index >= 15 is 0 Å². The van der Waals surface area contributed by atoms with E-state index in [1.165, 1.54) is 0 Å². The molecular weight excluding hydrogens is 246 g/mol. The molecule has 102 valence electrons. The van der Waals surface area contributed by atoms with Crippen molar-refractivity contribution in [3.63, 3.8) is 0 Å². The molecule has 0 aliphatic rings. The summed E-state index contributed by atoms with van der Waals surface area (Å²) in [7, 11) is 0. The van der Waals surface area contributed by atoms with E-state index < -0.39 is 0 Å². The first-order valence-corrected chi connectivity index (χ1v) is 6.10. The summed E-state index contributed by atoms with van der Waals surface area (Å²) in [5.41, 5.74) is 0.662. The molecule has 2 rings (SSSR count). The van der Waals surface area contributed by atoms with E-state index in [9.17, 15) is 4.79 Å². The third kappa shape index (κ3) is 3.00. The zero-order chi connectivity index (χ0) is 13.8. The van der Waals surface area contributed by atoms with Crippen LogP contribution in [0.4, 0.5) is 10.7 Å². The Labute approximate surface area is 110 Å². The van der Waals surface area contributed by atoms with Crippen LogP contribution in [0.2, 0.25) is 0 Å². The minimum absolute atomic E-state index is 0.0131. The molecule has 0 spiro atoms. The molecule has 7 nitrogen and oxygen atoms in total. The molecule has 2 unspecified atom stereocenters. The van der Waals surface area contributed by atoms with Crippen molar-refractivity contribution in [1.82, 2.24) is 19.9 Å². The summed E-state index contributed by atoms with van der Waals surface area (Å²) in [5, 5.41) is 22.2. The molecule has 2 heterocycles. The van der Waals surface area contributed by atoms with Gasteiger partial charge < -0.3 is 10.4 Å². The number of nitrogens with zero attached hydrogens (tertiary/aromatic N) is 3. The van der Waals surface area contributed by atoms with Gasteiger partial charge in [-0.3, -0.25) is 9.72 Å². The highest BCUT2D eigenvalue weighted by Gasteiger charge is 2.15. The SMILES string of the molecule is CC(CO)C(C)NC(=O)Nc1nnc2ccccn12. The smallest absolute Gasteiger partial charge is 0.321 e. The molecule has 0 aliphatic heterocycles. The second kappa shape index (κ2) is 5.66. The van der Waals surface area contributed by atoms with E-state index in [1.54, 1.807) is 16.7 Å². The number of aromatic nitrogens is 3. The number of urea groups is 1. The summed E-state index contributed by atoms with van der Waals surface area (Å²) in [6, 6.07) is 4.97. The van der Waals surface area contributed by atoms with Gasteiger partial charge in [0, 0.05) is 18.8 Å². The summed E-state index contributed by atoms with van der Waals surface area (Å²) >= 11 is 0. The molecule has 2 atom stereocenters. The van der Waals surface area contributed by atoms with E-state index in [1.807, 2.05) is 26.0 Å². The third-order valence-corrected chi connectivity index (χ3v) is 3.04. The van der Waals surface area contributed by atoms with E-state index in [2.05, 4.69) is 20.8 Å². The van der Waals surface area contributed by atoms with Crippen LogP contribution in [0, 0.1) is 5.92 Å². The second-order valence-corrected chi connectivity index (χ2v) is 4.50. The van der Waals surface area contributed by atoms with Gasteiger partial charge in [-0.25, -0.2) is 4.79 Å². The average molecular weight is 263 g/mol. The number of hydrogen-bond acceptors (Lipinski definition) is 4. The molecule has 0 saturated heterocycles. The Balaban J connectivity index is 2.03. The monoisotopic (exact) mass is 263 g/mol. The summed E-state index contributed by atoms with van der Waals surface area (Å²) in [4.78, 5) is 11.8. The van der Waals surface area contributed by atoms with Crippen molar-refractivity contribution in [3.8, 4) is 0 Å². The standard InChI is InChI=1S/C12H17N5O2/c1-8(7-18)9(2)13-12(19)14-11-16-15-10-5-3-4-6-17(10)11/h3-6,8-9,18H,7H2,1-2H3,(H2,13,14,16,19). The van der Waals surface area contributed by atoms with Gasteiger partial charge in [0.15, 0.2) is 5.65 Å². The molecule has 7 heteroatoms. The normalized spacial score (nSPS) is 14.1. The van der Waals surface area contributed by atoms with E-state index in [0.29, 0.717) is 11.6 Å². The fourth-order valence-electron chi connectivity index (χ4n) is 1.57. The maximum absolute atomic E-state index is 11.8. The van der Waals surface area contributed by atoms with Crippen molar-refractivity contribution < 1.29 is 9.90 Å². The minimum atomic E-state index is -0.369. The third-order valence-electron chi connectivity index (χ3n) is 3.04. The first-order valence-electron chi connectivity index (χ1n) is 6.10. The first-order chi connectivity index (χ1) is 9.11. The minimum Gasteiger partial charge on any atom is -0.396 e. The maximum atomic E-state index is 11.8. The number of nitrogens with one attached hydrogen (secondary N) is 2. The molecule has 2 amide bonds. The average Bonchev–Trinajstić information content (AvgIpc) is 2.81. The largest absolute Gasteiger partial charge is 0.396 e. The van der Waals surface area contributed by atoms with Crippen LogP contribution in [0.1, 0.15) is 13.8 Å². The number of aliphatic hydroxyl groups excluding tert-OH is 1. The quantitative estimate of drug-likeness (QED) is 0.763. The highest BCUT2D eigenvalue weighted by Crippen LogP contribution is 2.07. The number of carbonyl (C=O) groups is 1. The van der Waals surface area contributed by atoms with Crippen molar-refractivity contribution in [2.45, 2.75) is 19.9 Å². The Hall–Kier alpha value is -2.15. The van der Waals surface area contributed by atoms with Gasteiger partial charge in [-0.05, 0) is 25.0 Å². The van der Waals surface area contributed by atoms with Crippen molar-refractivity contribution in [1.29, 1.82) is 0 Å².